The van der Waals surface area contributed by atoms with E-state index in [9.17, 15) is 9.59 Å². The van der Waals surface area contributed by atoms with E-state index in [2.05, 4.69) is 10.6 Å². The van der Waals surface area contributed by atoms with Gasteiger partial charge in [-0.2, -0.15) is 0 Å². The van der Waals surface area contributed by atoms with Crippen LogP contribution in [0.5, 0.6) is 5.75 Å². The number of carbonyl (C=O) groups excluding carboxylic acids is 2. The molecule has 0 radical (unpaired) electrons. The summed E-state index contributed by atoms with van der Waals surface area (Å²) >= 11 is 11.8. The van der Waals surface area contributed by atoms with Gasteiger partial charge in [0.2, 0.25) is 5.91 Å². The number of carbonyl (C=O) groups is 2. The van der Waals surface area contributed by atoms with Crippen LogP contribution < -0.4 is 15.4 Å². The zero-order valence-electron chi connectivity index (χ0n) is 12.5. The van der Waals surface area contributed by atoms with Gasteiger partial charge in [-0.15, -0.1) is 0 Å². The van der Waals surface area contributed by atoms with Gasteiger partial charge < -0.3 is 15.4 Å². The molecule has 0 aliphatic carbocycles. The Morgan fingerprint density at radius 1 is 1.17 bits per heavy atom. The molecule has 2 aromatic carbocycles. The molecule has 5 nitrogen and oxygen atoms in total. The fraction of sp³-hybridized carbons (Fsp3) is 0.176. The molecule has 1 heterocycles. The summed E-state index contributed by atoms with van der Waals surface area (Å²) < 4.78 is 5.57. The molecule has 124 valence electrons. The normalized spacial score (nSPS) is 15.3. The van der Waals surface area contributed by atoms with Crippen molar-refractivity contribution in [2.45, 2.75) is 12.5 Å². The Hall–Kier alpha value is -2.24. The van der Waals surface area contributed by atoms with Crippen LogP contribution in [0.2, 0.25) is 10.0 Å². The second kappa shape index (κ2) is 7.11. The molecule has 0 saturated carbocycles. The molecule has 2 amide bonds. The van der Waals surface area contributed by atoms with E-state index in [0.717, 1.165) is 5.56 Å². The van der Waals surface area contributed by atoms with Gasteiger partial charge in [0.15, 0.2) is 6.10 Å². The highest BCUT2D eigenvalue weighted by molar-refractivity contribution is 6.35. The van der Waals surface area contributed by atoms with Crippen molar-refractivity contribution in [3.05, 3.63) is 58.1 Å². The van der Waals surface area contributed by atoms with E-state index in [4.69, 9.17) is 27.9 Å². The van der Waals surface area contributed by atoms with Crippen molar-refractivity contribution in [2.75, 3.05) is 11.9 Å². The molecule has 24 heavy (non-hydrogen) atoms. The van der Waals surface area contributed by atoms with E-state index in [1.165, 1.54) is 0 Å². The first-order valence-corrected chi connectivity index (χ1v) is 8.05. The van der Waals surface area contributed by atoms with Crippen molar-refractivity contribution in [2.24, 2.45) is 0 Å². The van der Waals surface area contributed by atoms with E-state index in [1.807, 2.05) is 24.3 Å². The predicted molar refractivity (Wildman–Crippen MR) is 92.7 cm³/mol. The topological polar surface area (TPSA) is 67.4 Å². The number of nitrogens with one attached hydrogen (secondary N) is 2. The molecule has 2 aromatic rings. The lowest BCUT2D eigenvalue weighted by molar-refractivity contribution is -0.129. The Balaban J connectivity index is 1.52. The molecule has 1 aliphatic rings. The van der Waals surface area contributed by atoms with Crippen molar-refractivity contribution in [1.29, 1.82) is 0 Å². The average Bonchev–Trinajstić information content (AvgIpc) is 3.00. The SMILES string of the molecule is O=C(CNC(=O)[C@H]1Cc2ccccc2O1)Nc1cc(Cl)ccc1Cl. The monoisotopic (exact) mass is 364 g/mol. The van der Waals surface area contributed by atoms with E-state index in [1.54, 1.807) is 18.2 Å². The van der Waals surface area contributed by atoms with Gasteiger partial charge in [-0.3, -0.25) is 9.59 Å². The minimum absolute atomic E-state index is 0.183. The van der Waals surface area contributed by atoms with Crippen LogP contribution in [0.15, 0.2) is 42.5 Å². The summed E-state index contributed by atoms with van der Waals surface area (Å²) in [6, 6.07) is 12.2. The van der Waals surface area contributed by atoms with Gasteiger partial charge in [-0.1, -0.05) is 41.4 Å². The van der Waals surface area contributed by atoms with Crippen molar-refractivity contribution >= 4 is 40.7 Å². The fourth-order valence-corrected chi connectivity index (χ4v) is 2.73. The lowest BCUT2D eigenvalue weighted by Gasteiger charge is -2.12. The van der Waals surface area contributed by atoms with Gasteiger partial charge >= 0.3 is 0 Å². The highest BCUT2D eigenvalue weighted by Gasteiger charge is 2.28. The quantitative estimate of drug-likeness (QED) is 0.875. The Morgan fingerprint density at radius 2 is 1.96 bits per heavy atom. The number of anilines is 1. The lowest BCUT2D eigenvalue weighted by Crippen LogP contribution is -2.41. The van der Waals surface area contributed by atoms with Crippen molar-refractivity contribution < 1.29 is 14.3 Å². The number of rotatable bonds is 4. The third kappa shape index (κ3) is 3.80. The number of ether oxygens (including phenoxy) is 1. The van der Waals surface area contributed by atoms with Crippen LogP contribution in [0, 0.1) is 0 Å². The summed E-state index contributed by atoms with van der Waals surface area (Å²) in [5.41, 5.74) is 1.38. The van der Waals surface area contributed by atoms with Crippen molar-refractivity contribution in [1.82, 2.24) is 5.32 Å². The number of benzene rings is 2. The summed E-state index contributed by atoms with van der Waals surface area (Å²) in [5, 5.41) is 5.99. The number of fused-ring (bicyclic) bond motifs is 1. The molecule has 3 rings (SSSR count). The molecule has 0 saturated heterocycles. The van der Waals surface area contributed by atoms with Crippen LogP contribution in [0.3, 0.4) is 0 Å². The van der Waals surface area contributed by atoms with Crippen LogP contribution in [0.1, 0.15) is 5.56 Å². The summed E-state index contributed by atoms with van der Waals surface area (Å²) in [7, 11) is 0. The Morgan fingerprint density at radius 3 is 2.75 bits per heavy atom. The summed E-state index contributed by atoms with van der Waals surface area (Å²) in [4.78, 5) is 24.1. The Kier molecular flexibility index (Phi) is 4.92. The molecule has 0 unspecified atom stereocenters. The molecule has 1 atom stereocenters. The van der Waals surface area contributed by atoms with Crippen LogP contribution in [0.25, 0.3) is 0 Å². The Bertz CT molecular complexity index is 770. The van der Waals surface area contributed by atoms with Gasteiger partial charge in [0.05, 0.1) is 17.3 Å². The molecule has 0 fully saturated rings. The van der Waals surface area contributed by atoms with Crippen molar-refractivity contribution in [3.63, 3.8) is 0 Å². The molecule has 1 aliphatic heterocycles. The molecule has 0 bridgehead atoms. The van der Waals surface area contributed by atoms with Crippen LogP contribution in [0.4, 0.5) is 5.69 Å². The number of hydrogen-bond acceptors (Lipinski definition) is 3. The largest absolute Gasteiger partial charge is 0.480 e. The first-order chi connectivity index (χ1) is 11.5. The van der Waals surface area contributed by atoms with Gasteiger partial charge in [-0.25, -0.2) is 0 Å². The fourth-order valence-electron chi connectivity index (χ4n) is 2.40. The van der Waals surface area contributed by atoms with Gasteiger partial charge in [0.25, 0.3) is 5.91 Å². The summed E-state index contributed by atoms with van der Waals surface area (Å²) in [6.45, 7) is -0.183. The smallest absolute Gasteiger partial charge is 0.261 e. The van der Waals surface area contributed by atoms with E-state index in [0.29, 0.717) is 27.9 Å². The molecule has 0 aromatic heterocycles. The minimum atomic E-state index is -0.620. The highest BCUT2D eigenvalue weighted by Crippen LogP contribution is 2.28. The molecule has 2 N–H and O–H groups in total. The number of halogens is 2. The van der Waals surface area contributed by atoms with Crippen LogP contribution in [-0.4, -0.2) is 24.5 Å². The van der Waals surface area contributed by atoms with E-state index >= 15 is 0 Å². The molecule has 0 spiro atoms. The molecular formula is C17H14Cl2N2O3. The molecular weight excluding hydrogens is 351 g/mol. The maximum absolute atomic E-state index is 12.1. The Labute approximate surface area is 148 Å². The number of amides is 2. The standard InChI is InChI=1S/C17H14Cl2N2O3/c18-11-5-6-12(19)13(8-11)21-16(22)9-20-17(23)15-7-10-3-1-2-4-14(10)24-15/h1-6,8,15H,7,9H2,(H,20,23)(H,21,22)/t15-/m1/s1. The van der Waals surface area contributed by atoms with Gasteiger partial charge in [0.1, 0.15) is 5.75 Å². The predicted octanol–water partition coefficient (Wildman–Crippen LogP) is 3.05. The van der Waals surface area contributed by atoms with E-state index < -0.39 is 12.0 Å². The second-order valence-electron chi connectivity index (χ2n) is 5.31. The third-order valence-electron chi connectivity index (χ3n) is 3.57. The van der Waals surface area contributed by atoms with Crippen molar-refractivity contribution in [3.8, 4) is 5.75 Å². The zero-order valence-corrected chi connectivity index (χ0v) is 14.0. The van der Waals surface area contributed by atoms with Gasteiger partial charge in [0, 0.05) is 11.4 Å². The molecule has 7 heteroatoms. The third-order valence-corrected chi connectivity index (χ3v) is 4.13. The first kappa shape index (κ1) is 16.6. The van der Waals surface area contributed by atoms with Gasteiger partial charge in [-0.05, 0) is 29.8 Å². The lowest BCUT2D eigenvalue weighted by atomic mass is 10.1. The van der Waals surface area contributed by atoms with Crippen LogP contribution >= 0.6 is 23.2 Å². The average molecular weight is 365 g/mol. The number of para-hydroxylation sites is 1. The maximum atomic E-state index is 12.1. The minimum Gasteiger partial charge on any atom is -0.480 e. The first-order valence-electron chi connectivity index (χ1n) is 7.30. The maximum Gasteiger partial charge on any atom is 0.261 e. The summed E-state index contributed by atoms with van der Waals surface area (Å²) in [5.74, 6) is -0.0330. The second-order valence-corrected chi connectivity index (χ2v) is 6.15. The summed E-state index contributed by atoms with van der Waals surface area (Å²) in [6.07, 6.45) is -0.131. The number of hydrogen-bond donors (Lipinski definition) is 2. The zero-order chi connectivity index (χ0) is 17.1. The highest BCUT2D eigenvalue weighted by atomic mass is 35.5. The van der Waals surface area contributed by atoms with Crippen LogP contribution in [-0.2, 0) is 16.0 Å². The van der Waals surface area contributed by atoms with E-state index in [-0.39, 0.29) is 12.5 Å².